The quantitative estimate of drug-likeness (QED) is 0.837. The molecule has 1 heterocycles. The van der Waals surface area contributed by atoms with Gasteiger partial charge in [-0.2, -0.15) is 11.8 Å². The van der Waals surface area contributed by atoms with Gasteiger partial charge in [0.2, 0.25) is 0 Å². The Hall–Kier alpha value is -0.540. The minimum Gasteiger partial charge on any atom is -0.324 e. The molecular weight excluding hydrogens is 209 g/mol. The van der Waals surface area contributed by atoms with E-state index in [-0.39, 0.29) is 11.9 Å². The molecule has 1 aliphatic rings. The number of thioether (sulfide) groups is 1. The summed E-state index contributed by atoms with van der Waals surface area (Å²) >= 11 is 1.97. The predicted octanol–water partition coefficient (Wildman–Crippen LogP) is 2.97. The minimum absolute atomic E-state index is 0.132. The second kappa shape index (κ2) is 4.99. The lowest BCUT2D eigenvalue weighted by Gasteiger charge is -2.27. The Labute approximate surface area is 94.2 Å². The Morgan fingerprint density at radius 3 is 2.60 bits per heavy atom. The van der Waals surface area contributed by atoms with E-state index in [9.17, 15) is 4.39 Å². The lowest BCUT2D eigenvalue weighted by atomic mass is 9.89. The van der Waals surface area contributed by atoms with E-state index < -0.39 is 0 Å². The number of rotatable bonds is 2. The molecular formula is C12H16FNS. The zero-order chi connectivity index (χ0) is 10.7. The van der Waals surface area contributed by atoms with E-state index in [1.807, 2.05) is 23.9 Å². The Balaban J connectivity index is 2.12. The Morgan fingerprint density at radius 1 is 1.27 bits per heavy atom. The lowest BCUT2D eigenvalue weighted by Crippen LogP contribution is -2.25. The second-order valence-corrected chi connectivity index (χ2v) is 5.22. The molecule has 2 rings (SSSR count). The van der Waals surface area contributed by atoms with Gasteiger partial charge in [-0.25, -0.2) is 4.39 Å². The number of halogens is 1. The van der Waals surface area contributed by atoms with Gasteiger partial charge in [-0.15, -0.1) is 0 Å². The molecule has 1 aromatic carbocycles. The summed E-state index contributed by atoms with van der Waals surface area (Å²) in [5, 5.41) is 0. The van der Waals surface area contributed by atoms with Crippen LogP contribution in [0.2, 0.25) is 0 Å². The lowest BCUT2D eigenvalue weighted by molar-refractivity contribution is 0.392. The van der Waals surface area contributed by atoms with Crippen LogP contribution in [-0.4, -0.2) is 11.5 Å². The summed E-state index contributed by atoms with van der Waals surface area (Å²) in [5.41, 5.74) is 6.80. The van der Waals surface area contributed by atoms with E-state index in [0.717, 1.165) is 24.3 Å². The molecule has 82 valence electrons. The molecule has 0 saturated carbocycles. The van der Waals surface area contributed by atoms with Crippen molar-refractivity contribution in [2.45, 2.75) is 18.9 Å². The molecule has 1 nitrogen and oxygen atoms in total. The molecule has 1 saturated heterocycles. The summed E-state index contributed by atoms with van der Waals surface area (Å²) in [4.78, 5) is 0. The van der Waals surface area contributed by atoms with Gasteiger partial charge in [-0.3, -0.25) is 0 Å². The third-order valence-electron chi connectivity index (χ3n) is 3.04. The van der Waals surface area contributed by atoms with Crippen molar-refractivity contribution in [3.05, 3.63) is 35.6 Å². The highest BCUT2D eigenvalue weighted by Crippen LogP contribution is 2.32. The molecule has 1 fully saturated rings. The normalized spacial score (nSPS) is 20.1. The van der Waals surface area contributed by atoms with Gasteiger partial charge in [0.05, 0.1) is 0 Å². The van der Waals surface area contributed by atoms with Crippen molar-refractivity contribution in [1.82, 2.24) is 0 Å². The number of hydrogen-bond donors (Lipinski definition) is 1. The van der Waals surface area contributed by atoms with Crippen LogP contribution in [0.3, 0.4) is 0 Å². The van der Waals surface area contributed by atoms with Crippen molar-refractivity contribution in [1.29, 1.82) is 0 Å². The second-order valence-electron chi connectivity index (χ2n) is 4.00. The first-order valence-corrected chi connectivity index (χ1v) is 6.52. The maximum Gasteiger partial charge on any atom is 0.127 e. The monoisotopic (exact) mass is 225 g/mol. The average molecular weight is 225 g/mol. The molecule has 2 N–H and O–H groups in total. The maximum absolute atomic E-state index is 13.5. The van der Waals surface area contributed by atoms with Crippen LogP contribution in [0.5, 0.6) is 0 Å². The van der Waals surface area contributed by atoms with E-state index in [1.54, 1.807) is 6.07 Å². The Kier molecular flexibility index (Phi) is 3.65. The largest absolute Gasteiger partial charge is 0.324 e. The first-order valence-electron chi connectivity index (χ1n) is 5.37. The highest BCUT2D eigenvalue weighted by Gasteiger charge is 2.23. The summed E-state index contributed by atoms with van der Waals surface area (Å²) in [6.07, 6.45) is 2.22. The van der Waals surface area contributed by atoms with Gasteiger partial charge in [0.25, 0.3) is 0 Å². The molecule has 1 atom stereocenters. The smallest absolute Gasteiger partial charge is 0.127 e. The molecule has 3 heteroatoms. The van der Waals surface area contributed by atoms with E-state index in [2.05, 4.69) is 0 Å². The van der Waals surface area contributed by atoms with Crippen LogP contribution in [0.1, 0.15) is 24.4 Å². The van der Waals surface area contributed by atoms with Gasteiger partial charge >= 0.3 is 0 Å². The zero-order valence-electron chi connectivity index (χ0n) is 8.66. The summed E-state index contributed by atoms with van der Waals surface area (Å²) in [6, 6.07) is 6.74. The Morgan fingerprint density at radius 2 is 1.93 bits per heavy atom. The molecule has 15 heavy (non-hydrogen) atoms. The number of nitrogens with two attached hydrogens (primary N) is 1. The van der Waals surface area contributed by atoms with Crippen LogP contribution >= 0.6 is 11.8 Å². The first-order chi connectivity index (χ1) is 7.29. The van der Waals surface area contributed by atoms with Gasteiger partial charge in [0.15, 0.2) is 0 Å². The fourth-order valence-corrected chi connectivity index (χ4v) is 3.22. The van der Waals surface area contributed by atoms with Gasteiger partial charge in [0, 0.05) is 11.6 Å². The molecule has 1 aromatic rings. The van der Waals surface area contributed by atoms with Crippen LogP contribution in [0.25, 0.3) is 0 Å². The van der Waals surface area contributed by atoms with Gasteiger partial charge < -0.3 is 5.73 Å². The fraction of sp³-hybridized carbons (Fsp3) is 0.500. The summed E-state index contributed by atoms with van der Waals surface area (Å²) in [5.74, 6) is 2.60. The summed E-state index contributed by atoms with van der Waals surface area (Å²) in [6.45, 7) is 0. The van der Waals surface area contributed by atoms with Crippen molar-refractivity contribution < 1.29 is 4.39 Å². The number of hydrogen-bond acceptors (Lipinski definition) is 2. The van der Waals surface area contributed by atoms with Gasteiger partial charge in [-0.05, 0) is 36.3 Å². The SMILES string of the molecule is NC(c1ccccc1F)C1CCSCC1. The first kappa shape index (κ1) is 11.0. The summed E-state index contributed by atoms with van der Waals surface area (Å²) in [7, 11) is 0. The maximum atomic E-state index is 13.5. The van der Waals surface area contributed by atoms with E-state index in [4.69, 9.17) is 5.73 Å². The minimum atomic E-state index is -0.164. The van der Waals surface area contributed by atoms with Crippen LogP contribution in [-0.2, 0) is 0 Å². The van der Waals surface area contributed by atoms with Crippen LogP contribution < -0.4 is 5.73 Å². The van der Waals surface area contributed by atoms with Crippen LogP contribution in [0.15, 0.2) is 24.3 Å². The fourth-order valence-electron chi connectivity index (χ4n) is 2.07. The van der Waals surface area contributed by atoms with Crippen molar-refractivity contribution in [2.24, 2.45) is 11.7 Å². The molecule has 0 aliphatic carbocycles. The zero-order valence-corrected chi connectivity index (χ0v) is 9.47. The Bertz CT molecular complexity index is 323. The standard InChI is InChI=1S/C12H16FNS/c13-11-4-2-1-3-10(11)12(14)9-5-7-15-8-6-9/h1-4,9,12H,5-8,14H2. The van der Waals surface area contributed by atoms with E-state index in [1.165, 1.54) is 6.07 Å². The third-order valence-corrected chi connectivity index (χ3v) is 4.09. The average Bonchev–Trinajstić information content (AvgIpc) is 2.30. The highest BCUT2D eigenvalue weighted by atomic mass is 32.2. The van der Waals surface area contributed by atoms with Crippen LogP contribution in [0.4, 0.5) is 4.39 Å². The van der Waals surface area contributed by atoms with Gasteiger partial charge in [-0.1, -0.05) is 18.2 Å². The summed E-state index contributed by atoms with van der Waals surface area (Å²) < 4.78 is 13.5. The van der Waals surface area contributed by atoms with Gasteiger partial charge in [0.1, 0.15) is 5.82 Å². The molecule has 0 radical (unpaired) electrons. The molecule has 0 bridgehead atoms. The molecule has 1 unspecified atom stereocenters. The van der Waals surface area contributed by atoms with Crippen molar-refractivity contribution in [2.75, 3.05) is 11.5 Å². The number of benzene rings is 1. The third kappa shape index (κ3) is 2.52. The van der Waals surface area contributed by atoms with E-state index in [0.29, 0.717) is 11.5 Å². The predicted molar refractivity (Wildman–Crippen MR) is 63.4 cm³/mol. The molecule has 0 spiro atoms. The van der Waals surface area contributed by atoms with Crippen molar-refractivity contribution in [3.63, 3.8) is 0 Å². The van der Waals surface area contributed by atoms with E-state index >= 15 is 0 Å². The highest BCUT2D eigenvalue weighted by molar-refractivity contribution is 7.99. The van der Waals surface area contributed by atoms with Crippen molar-refractivity contribution >= 4 is 11.8 Å². The van der Waals surface area contributed by atoms with Crippen molar-refractivity contribution in [3.8, 4) is 0 Å². The molecule has 0 amide bonds. The molecule has 0 aromatic heterocycles. The topological polar surface area (TPSA) is 26.0 Å². The molecule has 1 aliphatic heterocycles. The van der Waals surface area contributed by atoms with Crippen LogP contribution in [0, 0.1) is 11.7 Å².